The number of rotatable bonds is 4. The van der Waals surface area contributed by atoms with Crippen LogP contribution in [0.15, 0.2) is 22.7 Å². The van der Waals surface area contributed by atoms with Crippen LogP contribution in [0.2, 0.25) is 5.02 Å². The van der Waals surface area contributed by atoms with Gasteiger partial charge in [-0.05, 0) is 24.6 Å². The minimum atomic E-state index is -0.485. The zero-order chi connectivity index (χ0) is 13.1. The van der Waals surface area contributed by atoms with Crippen LogP contribution in [0, 0.1) is 5.82 Å². The average molecular weight is 289 g/mol. The molecule has 96 valence electrons. The van der Waals surface area contributed by atoms with Crippen LogP contribution in [0.3, 0.4) is 0 Å². The van der Waals surface area contributed by atoms with E-state index in [1.807, 2.05) is 6.92 Å². The van der Waals surface area contributed by atoms with Gasteiger partial charge in [0.05, 0.1) is 10.4 Å². The summed E-state index contributed by atoms with van der Waals surface area (Å²) in [7, 11) is 0. The topological polar surface area (TPSA) is 38.9 Å². The van der Waals surface area contributed by atoms with Crippen molar-refractivity contribution in [2.75, 3.05) is 0 Å². The van der Waals surface area contributed by atoms with E-state index in [0.717, 1.165) is 12.8 Å². The van der Waals surface area contributed by atoms with Crippen LogP contribution in [-0.4, -0.2) is 10.1 Å². The lowest BCUT2D eigenvalue weighted by atomic mass is 10.2. The van der Waals surface area contributed by atoms with E-state index in [-0.39, 0.29) is 16.3 Å². The number of nitrogens with zero attached hydrogens (tertiary/aromatic N) is 2. The van der Waals surface area contributed by atoms with Gasteiger partial charge in [-0.3, -0.25) is 0 Å². The molecule has 0 aliphatic heterocycles. The van der Waals surface area contributed by atoms with E-state index in [1.165, 1.54) is 18.2 Å². The summed E-state index contributed by atoms with van der Waals surface area (Å²) in [5.74, 6) is 0.240. The highest BCUT2D eigenvalue weighted by molar-refractivity contribution is 6.31. The molecule has 1 aromatic carbocycles. The Kier molecular flexibility index (Phi) is 4.19. The summed E-state index contributed by atoms with van der Waals surface area (Å²) in [6, 6.07) is 4.23. The third-order valence-corrected chi connectivity index (χ3v) is 3.13. The lowest BCUT2D eigenvalue weighted by Crippen LogP contribution is -1.92. The molecule has 2 aromatic rings. The van der Waals surface area contributed by atoms with Gasteiger partial charge in [-0.1, -0.05) is 30.1 Å². The maximum absolute atomic E-state index is 13.0. The Morgan fingerprint density at radius 2 is 2.22 bits per heavy atom. The minimum Gasteiger partial charge on any atom is -0.334 e. The smallest absolute Gasteiger partial charge is 0.258 e. The molecule has 1 heterocycles. The van der Waals surface area contributed by atoms with E-state index in [4.69, 9.17) is 27.7 Å². The van der Waals surface area contributed by atoms with Gasteiger partial charge in [-0.25, -0.2) is 4.39 Å². The highest BCUT2D eigenvalue weighted by atomic mass is 35.5. The number of hydrogen-bond donors (Lipinski definition) is 0. The predicted molar refractivity (Wildman–Crippen MR) is 68.2 cm³/mol. The molecule has 0 aliphatic carbocycles. The van der Waals surface area contributed by atoms with Gasteiger partial charge < -0.3 is 4.52 Å². The van der Waals surface area contributed by atoms with Crippen molar-refractivity contribution in [2.45, 2.75) is 25.1 Å². The summed E-state index contributed by atoms with van der Waals surface area (Å²) < 4.78 is 18.1. The first-order valence-corrected chi connectivity index (χ1v) is 6.36. The van der Waals surface area contributed by atoms with Crippen LogP contribution >= 0.6 is 23.2 Å². The lowest BCUT2D eigenvalue weighted by Gasteiger charge is -1.99. The summed E-state index contributed by atoms with van der Waals surface area (Å²) in [5.41, 5.74) is 0.570. The van der Waals surface area contributed by atoms with Crippen molar-refractivity contribution in [2.24, 2.45) is 0 Å². The lowest BCUT2D eigenvalue weighted by molar-refractivity contribution is 0.420. The molecule has 1 unspecified atom stereocenters. The number of benzene rings is 1. The molecule has 0 N–H and O–H groups in total. The van der Waals surface area contributed by atoms with Gasteiger partial charge in [0.15, 0.2) is 5.82 Å². The van der Waals surface area contributed by atoms with Crippen molar-refractivity contribution in [1.29, 1.82) is 0 Å². The zero-order valence-electron chi connectivity index (χ0n) is 9.66. The first kappa shape index (κ1) is 13.3. The monoisotopic (exact) mass is 288 g/mol. The van der Waals surface area contributed by atoms with Crippen molar-refractivity contribution < 1.29 is 8.91 Å². The standard InChI is InChI=1S/C12H11Cl2FN2O/c1-2-3-8(13)11-16-12(18-17-11)7-4-5-10(15)9(14)6-7/h4-6,8H,2-3H2,1H3. The molecule has 0 spiro atoms. The Morgan fingerprint density at radius 1 is 1.44 bits per heavy atom. The first-order chi connectivity index (χ1) is 8.61. The zero-order valence-corrected chi connectivity index (χ0v) is 11.2. The summed E-state index contributed by atoms with van der Waals surface area (Å²) in [6.45, 7) is 2.02. The van der Waals surface area contributed by atoms with Crippen LogP contribution in [0.4, 0.5) is 4.39 Å². The van der Waals surface area contributed by atoms with Crippen molar-refractivity contribution in [3.05, 3.63) is 34.9 Å². The Balaban J connectivity index is 2.26. The van der Waals surface area contributed by atoms with Crippen molar-refractivity contribution in [1.82, 2.24) is 10.1 Å². The Bertz CT molecular complexity index is 545. The molecule has 0 bridgehead atoms. The minimum absolute atomic E-state index is 0.0169. The third kappa shape index (κ3) is 2.82. The normalized spacial score (nSPS) is 12.7. The molecule has 1 atom stereocenters. The van der Waals surface area contributed by atoms with E-state index in [1.54, 1.807) is 0 Å². The quantitative estimate of drug-likeness (QED) is 0.771. The molecular formula is C12H11Cl2FN2O. The molecule has 0 saturated carbocycles. The van der Waals surface area contributed by atoms with E-state index in [0.29, 0.717) is 11.4 Å². The van der Waals surface area contributed by atoms with Crippen molar-refractivity contribution in [3.8, 4) is 11.5 Å². The largest absolute Gasteiger partial charge is 0.334 e. The van der Waals surface area contributed by atoms with Crippen molar-refractivity contribution >= 4 is 23.2 Å². The van der Waals surface area contributed by atoms with E-state index < -0.39 is 5.82 Å². The van der Waals surface area contributed by atoms with Crippen molar-refractivity contribution in [3.63, 3.8) is 0 Å². The summed E-state index contributed by atoms with van der Waals surface area (Å²) in [5, 5.41) is 3.55. The molecule has 2 rings (SSSR count). The van der Waals surface area contributed by atoms with Crippen LogP contribution in [0.5, 0.6) is 0 Å². The molecule has 0 amide bonds. The molecule has 0 radical (unpaired) electrons. The average Bonchev–Trinajstić information content (AvgIpc) is 2.82. The van der Waals surface area contributed by atoms with Gasteiger partial charge >= 0.3 is 0 Å². The molecule has 3 nitrogen and oxygen atoms in total. The SMILES string of the molecule is CCCC(Cl)c1noc(-c2ccc(F)c(Cl)c2)n1. The van der Waals surface area contributed by atoms with Gasteiger partial charge in [0.25, 0.3) is 5.89 Å². The first-order valence-electron chi connectivity index (χ1n) is 5.55. The summed E-state index contributed by atoms with van der Waals surface area (Å²) in [6.07, 6.45) is 1.70. The highest BCUT2D eigenvalue weighted by Crippen LogP contribution is 2.27. The molecule has 18 heavy (non-hydrogen) atoms. The molecule has 0 aliphatic rings. The fraction of sp³-hybridized carbons (Fsp3) is 0.333. The van der Waals surface area contributed by atoms with Gasteiger partial charge in [-0.15, -0.1) is 11.6 Å². The maximum Gasteiger partial charge on any atom is 0.258 e. The second-order valence-corrected chi connectivity index (χ2v) is 4.78. The summed E-state index contributed by atoms with van der Waals surface area (Å²) >= 11 is 11.8. The fourth-order valence-electron chi connectivity index (χ4n) is 1.49. The molecule has 0 saturated heterocycles. The van der Waals surface area contributed by atoms with E-state index >= 15 is 0 Å². The van der Waals surface area contributed by atoms with Crippen LogP contribution < -0.4 is 0 Å². The fourth-order valence-corrected chi connectivity index (χ4v) is 1.98. The van der Waals surface area contributed by atoms with Crippen LogP contribution in [0.25, 0.3) is 11.5 Å². The third-order valence-electron chi connectivity index (χ3n) is 2.43. The van der Waals surface area contributed by atoms with Crippen LogP contribution in [-0.2, 0) is 0 Å². The Labute approximate surface area is 114 Å². The van der Waals surface area contributed by atoms with Gasteiger partial charge in [0.2, 0.25) is 0 Å². The maximum atomic E-state index is 13.0. The number of halogens is 3. The van der Waals surface area contributed by atoms with E-state index in [2.05, 4.69) is 10.1 Å². The molecular weight excluding hydrogens is 278 g/mol. The van der Waals surface area contributed by atoms with Gasteiger partial charge in [0, 0.05) is 5.56 Å². The second kappa shape index (κ2) is 5.67. The highest BCUT2D eigenvalue weighted by Gasteiger charge is 2.16. The summed E-state index contributed by atoms with van der Waals surface area (Å²) in [4.78, 5) is 4.18. The Hall–Kier alpha value is -1.13. The van der Waals surface area contributed by atoms with E-state index in [9.17, 15) is 4.39 Å². The van der Waals surface area contributed by atoms with Gasteiger partial charge in [0.1, 0.15) is 5.82 Å². The number of alkyl halides is 1. The molecule has 1 aromatic heterocycles. The number of hydrogen-bond acceptors (Lipinski definition) is 3. The van der Waals surface area contributed by atoms with Gasteiger partial charge in [-0.2, -0.15) is 4.98 Å². The predicted octanol–water partition coefficient (Wildman–Crippen LogP) is 4.61. The number of aromatic nitrogens is 2. The Morgan fingerprint density at radius 3 is 2.89 bits per heavy atom. The molecule has 6 heteroatoms. The van der Waals surface area contributed by atoms with Crippen LogP contribution in [0.1, 0.15) is 31.0 Å². The second-order valence-electron chi connectivity index (χ2n) is 3.84. The molecule has 0 fully saturated rings.